The summed E-state index contributed by atoms with van der Waals surface area (Å²) >= 11 is 1.95. The summed E-state index contributed by atoms with van der Waals surface area (Å²) in [6.45, 7) is 3.80. The van der Waals surface area contributed by atoms with Crippen molar-refractivity contribution in [3.63, 3.8) is 0 Å². The van der Waals surface area contributed by atoms with Crippen molar-refractivity contribution in [2.24, 2.45) is 0 Å². The van der Waals surface area contributed by atoms with E-state index in [-0.39, 0.29) is 20.9 Å². The topological polar surface area (TPSA) is 46.5 Å². The van der Waals surface area contributed by atoms with E-state index in [9.17, 15) is 4.57 Å². The SMILES string of the molecule is CCOP(=O)(O)C(C)[I-]I. The van der Waals surface area contributed by atoms with Gasteiger partial charge in [-0.15, -0.1) is 0 Å². The van der Waals surface area contributed by atoms with Crippen LogP contribution in [-0.4, -0.2) is 15.2 Å². The van der Waals surface area contributed by atoms with Crippen LogP contribution in [0.1, 0.15) is 13.8 Å². The summed E-state index contributed by atoms with van der Waals surface area (Å²) in [5.41, 5.74) is 0. The fraction of sp³-hybridized carbons (Fsp3) is 1.00. The Morgan fingerprint density at radius 3 is 2.70 bits per heavy atom. The Bertz CT molecular complexity index is 140. The van der Waals surface area contributed by atoms with Gasteiger partial charge in [0.15, 0.2) is 0 Å². The molecule has 0 fully saturated rings. The maximum atomic E-state index is 11.1. The predicted molar refractivity (Wildman–Crippen MR) is 44.9 cm³/mol. The molecule has 0 aromatic heterocycles. The molecule has 0 aliphatic carbocycles. The van der Waals surface area contributed by atoms with Crippen LogP contribution in [0.25, 0.3) is 0 Å². The predicted octanol–water partition coefficient (Wildman–Crippen LogP) is -1.01. The number of hydrogen-bond acceptors (Lipinski definition) is 2. The molecular formula is C4H10I2O3P-. The van der Waals surface area contributed by atoms with Gasteiger partial charge >= 0.3 is 81.5 Å². The van der Waals surface area contributed by atoms with Gasteiger partial charge < -0.3 is 0 Å². The van der Waals surface area contributed by atoms with Gasteiger partial charge in [-0.1, -0.05) is 0 Å². The van der Waals surface area contributed by atoms with Crippen molar-refractivity contribution in [3.05, 3.63) is 0 Å². The molecule has 0 aliphatic rings. The van der Waals surface area contributed by atoms with Crippen LogP contribution in [0.5, 0.6) is 0 Å². The molecule has 0 radical (unpaired) electrons. The van der Waals surface area contributed by atoms with Gasteiger partial charge in [-0.2, -0.15) is 0 Å². The monoisotopic (exact) mass is 391 g/mol. The summed E-state index contributed by atoms with van der Waals surface area (Å²) < 4.78 is 15.7. The number of halogens is 2. The number of alkyl halides is 1. The van der Waals surface area contributed by atoms with E-state index in [2.05, 4.69) is 18.6 Å². The van der Waals surface area contributed by atoms with Crippen LogP contribution in [0, 0.1) is 0 Å². The molecule has 0 spiro atoms. The van der Waals surface area contributed by atoms with Crippen LogP contribution < -0.4 is 17.2 Å². The quantitative estimate of drug-likeness (QED) is 0.380. The first-order valence-corrected chi connectivity index (χ1v) is 11.9. The minimum absolute atomic E-state index is 0.146. The molecule has 10 heavy (non-hydrogen) atoms. The molecule has 0 saturated heterocycles. The number of rotatable bonds is 4. The van der Waals surface area contributed by atoms with Crippen molar-refractivity contribution >= 4 is 26.2 Å². The van der Waals surface area contributed by atoms with E-state index in [0.717, 1.165) is 0 Å². The van der Waals surface area contributed by atoms with E-state index in [1.807, 2.05) is 0 Å². The Morgan fingerprint density at radius 1 is 1.90 bits per heavy atom. The van der Waals surface area contributed by atoms with Crippen molar-refractivity contribution < 1.29 is 31.2 Å². The van der Waals surface area contributed by atoms with E-state index in [0.29, 0.717) is 6.61 Å². The Kier molecular flexibility index (Phi) is 6.14. The maximum absolute atomic E-state index is 11.1. The zero-order chi connectivity index (χ0) is 8.20. The minimum atomic E-state index is -3.24. The average molecular weight is 391 g/mol. The molecule has 1 N–H and O–H groups in total. The second-order valence-electron chi connectivity index (χ2n) is 1.64. The molecule has 2 atom stereocenters. The van der Waals surface area contributed by atoms with Gasteiger partial charge in [-0.05, 0) is 0 Å². The fourth-order valence-electron chi connectivity index (χ4n) is 0.334. The molecule has 0 aromatic carbocycles. The van der Waals surface area contributed by atoms with E-state index in [1.54, 1.807) is 13.8 Å². The molecule has 0 bridgehead atoms. The van der Waals surface area contributed by atoms with Gasteiger partial charge in [0.25, 0.3) is 0 Å². The Balaban J connectivity index is 3.97. The first-order chi connectivity index (χ1) is 4.54. The van der Waals surface area contributed by atoms with Crippen LogP contribution in [0.15, 0.2) is 0 Å². The first kappa shape index (κ1) is 11.6. The van der Waals surface area contributed by atoms with Crippen molar-refractivity contribution in [2.45, 2.75) is 17.5 Å². The molecule has 2 unspecified atom stereocenters. The second kappa shape index (κ2) is 5.29. The summed E-state index contributed by atoms with van der Waals surface area (Å²) in [5.74, 6) is 0. The molecule has 0 heterocycles. The van der Waals surface area contributed by atoms with Crippen LogP contribution in [0.3, 0.4) is 0 Å². The van der Waals surface area contributed by atoms with Gasteiger partial charge in [-0.25, -0.2) is 0 Å². The van der Waals surface area contributed by atoms with Crippen LogP contribution in [-0.2, 0) is 9.09 Å². The molecule has 0 saturated carbocycles. The molecule has 64 valence electrons. The van der Waals surface area contributed by atoms with E-state index >= 15 is 0 Å². The first-order valence-electron chi connectivity index (χ1n) is 2.76. The van der Waals surface area contributed by atoms with Gasteiger partial charge in [0, 0.05) is 0 Å². The Labute approximate surface area is 80.9 Å². The van der Waals surface area contributed by atoms with Crippen molar-refractivity contribution in [1.82, 2.24) is 0 Å². The van der Waals surface area contributed by atoms with Gasteiger partial charge in [-0.3, -0.25) is 0 Å². The third-order valence-corrected chi connectivity index (χ3v) is 13.1. The van der Waals surface area contributed by atoms with E-state index < -0.39 is 7.60 Å². The normalized spacial score (nSPS) is 20.4. The van der Waals surface area contributed by atoms with Crippen LogP contribution >= 0.6 is 26.2 Å². The number of hydrogen-bond donors (Lipinski definition) is 1. The van der Waals surface area contributed by atoms with Crippen molar-refractivity contribution in [2.75, 3.05) is 6.61 Å². The fourth-order valence-corrected chi connectivity index (χ4v) is 7.64. The van der Waals surface area contributed by atoms with Crippen LogP contribution in [0.2, 0.25) is 0 Å². The summed E-state index contributed by atoms with van der Waals surface area (Å²) in [4.78, 5) is 9.14. The zero-order valence-corrected chi connectivity index (χ0v) is 11.0. The summed E-state index contributed by atoms with van der Waals surface area (Å²) in [7, 11) is -3.24. The molecule has 0 aliphatic heterocycles. The Hall–Kier alpha value is 1.61. The summed E-state index contributed by atoms with van der Waals surface area (Å²) in [6.07, 6.45) is 0. The van der Waals surface area contributed by atoms with Gasteiger partial charge in [0.05, 0.1) is 0 Å². The molecular weight excluding hydrogens is 381 g/mol. The Morgan fingerprint density at radius 2 is 2.40 bits per heavy atom. The third kappa shape index (κ3) is 3.85. The van der Waals surface area contributed by atoms with E-state index in [1.165, 1.54) is 0 Å². The van der Waals surface area contributed by atoms with Crippen molar-refractivity contribution in [3.8, 4) is 0 Å². The zero-order valence-electron chi connectivity index (χ0n) is 5.75. The van der Waals surface area contributed by atoms with Gasteiger partial charge in [0.2, 0.25) is 0 Å². The summed E-state index contributed by atoms with van der Waals surface area (Å²) in [5, 5.41) is 0. The molecule has 3 nitrogen and oxygen atoms in total. The molecule has 0 amide bonds. The second-order valence-corrected chi connectivity index (χ2v) is 10.3. The van der Waals surface area contributed by atoms with E-state index in [4.69, 9.17) is 9.42 Å². The molecule has 0 rings (SSSR count). The standard InChI is InChI=1S/C4H10I2O3P/c1-3-9-10(7,8)4(2)6-5/h4H,3H2,1-2H3,(H,7,8)/q-1. The van der Waals surface area contributed by atoms with Gasteiger partial charge in [0.1, 0.15) is 0 Å². The molecule has 6 heteroatoms. The molecule has 0 aromatic rings. The average Bonchev–Trinajstić information content (AvgIpc) is 1.86. The van der Waals surface area contributed by atoms with Crippen molar-refractivity contribution in [1.29, 1.82) is 0 Å². The summed E-state index contributed by atoms with van der Waals surface area (Å²) in [6, 6.07) is 0. The van der Waals surface area contributed by atoms with Crippen LogP contribution in [0.4, 0.5) is 0 Å². The third-order valence-electron chi connectivity index (χ3n) is 0.883.